The van der Waals surface area contributed by atoms with Crippen molar-refractivity contribution in [1.82, 2.24) is 5.32 Å². The Labute approximate surface area is 147 Å². The van der Waals surface area contributed by atoms with Crippen LogP contribution in [-0.4, -0.2) is 38.1 Å². The zero-order valence-corrected chi connectivity index (χ0v) is 13.9. The molecule has 2 aliphatic heterocycles. The summed E-state index contributed by atoms with van der Waals surface area (Å²) in [6, 6.07) is 8.49. The number of nitrogens with zero attached hydrogens (tertiary/aromatic N) is 1. The van der Waals surface area contributed by atoms with Crippen molar-refractivity contribution in [1.29, 1.82) is 0 Å². The Kier molecular flexibility index (Phi) is 4.06. The van der Waals surface area contributed by atoms with Crippen molar-refractivity contribution in [2.75, 3.05) is 30.1 Å². The molecule has 9 heteroatoms. The summed E-state index contributed by atoms with van der Waals surface area (Å²) in [7, 11) is 0. The van der Waals surface area contributed by atoms with Crippen LogP contribution in [0.1, 0.15) is 0 Å². The van der Waals surface area contributed by atoms with Gasteiger partial charge in [0.15, 0.2) is 11.5 Å². The van der Waals surface area contributed by atoms with E-state index in [9.17, 15) is 9.59 Å². The van der Waals surface area contributed by atoms with E-state index in [2.05, 4.69) is 10.6 Å². The topological polar surface area (TPSA) is 89.1 Å². The van der Waals surface area contributed by atoms with E-state index in [1.54, 1.807) is 23.1 Å². The number of carbonyl (C=O) groups excluding carboxylic acids is 2. The van der Waals surface area contributed by atoms with E-state index < -0.39 is 12.2 Å². The highest BCUT2D eigenvalue weighted by molar-refractivity contribution is 7.14. The number of benzene rings is 1. The van der Waals surface area contributed by atoms with E-state index in [-0.39, 0.29) is 19.4 Å². The van der Waals surface area contributed by atoms with Gasteiger partial charge < -0.3 is 24.8 Å². The maximum atomic E-state index is 12.0. The normalized spacial score (nSPS) is 18.2. The molecule has 0 aliphatic carbocycles. The molecule has 1 aromatic heterocycles. The van der Waals surface area contributed by atoms with E-state index in [1.165, 1.54) is 11.3 Å². The maximum Gasteiger partial charge on any atom is 0.415 e. The Hall–Kier alpha value is -2.94. The third kappa shape index (κ3) is 3.31. The zero-order chi connectivity index (χ0) is 17.2. The number of rotatable bonds is 4. The number of hydrogen-bond acceptors (Lipinski definition) is 6. The lowest BCUT2D eigenvalue weighted by Crippen LogP contribution is -2.37. The van der Waals surface area contributed by atoms with Crippen molar-refractivity contribution in [3.05, 3.63) is 35.7 Å². The van der Waals surface area contributed by atoms with Crippen molar-refractivity contribution in [3.63, 3.8) is 0 Å². The largest absolute Gasteiger partial charge is 0.454 e. The number of thiophene rings is 1. The van der Waals surface area contributed by atoms with Crippen LogP contribution < -0.4 is 25.0 Å². The molecule has 25 heavy (non-hydrogen) atoms. The molecule has 0 saturated carbocycles. The van der Waals surface area contributed by atoms with Gasteiger partial charge in [-0.25, -0.2) is 9.59 Å². The standard InChI is InChI=1S/C16H15N3O5S/c20-15(18-10-3-4-12-13(6-10)23-9-22-12)17-7-11-8-19(16(21)24-11)14-2-1-5-25-14/h1-6,11H,7-9H2,(H2,17,18,20). The average molecular weight is 361 g/mol. The molecule has 0 radical (unpaired) electrons. The van der Waals surface area contributed by atoms with Gasteiger partial charge in [-0.1, -0.05) is 0 Å². The highest BCUT2D eigenvalue weighted by atomic mass is 32.1. The van der Waals surface area contributed by atoms with Crippen molar-refractivity contribution >= 4 is 34.1 Å². The smallest absolute Gasteiger partial charge is 0.415 e. The number of hydrogen-bond donors (Lipinski definition) is 2. The number of cyclic esters (lactones) is 1. The minimum absolute atomic E-state index is 0.179. The summed E-state index contributed by atoms with van der Waals surface area (Å²) in [5.41, 5.74) is 0.588. The molecular formula is C16H15N3O5S. The molecule has 8 nitrogen and oxygen atoms in total. The van der Waals surface area contributed by atoms with Crippen LogP contribution in [0, 0.1) is 0 Å². The van der Waals surface area contributed by atoms with E-state index in [0.29, 0.717) is 23.7 Å². The van der Waals surface area contributed by atoms with Gasteiger partial charge in [0, 0.05) is 11.8 Å². The Bertz CT molecular complexity index is 795. The lowest BCUT2D eigenvalue weighted by molar-refractivity contribution is 0.141. The second-order valence-electron chi connectivity index (χ2n) is 5.47. The van der Waals surface area contributed by atoms with Crippen LogP contribution in [-0.2, 0) is 4.74 Å². The fourth-order valence-corrected chi connectivity index (χ4v) is 3.32. The second-order valence-corrected chi connectivity index (χ2v) is 6.40. The van der Waals surface area contributed by atoms with Crippen LogP contribution in [0.3, 0.4) is 0 Å². The summed E-state index contributed by atoms with van der Waals surface area (Å²) in [4.78, 5) is 25.5. The lowest BCUT2D eigenvalue weighted by Gasteiger charge is -2.12. The number of amides is 3. The first-order valence-electron chi connectivity index (χ1n) is 7.65. The quantitative estimate of drug-likeness (QED) is 0.874. The third-order valence-electron chi connectivity index (χ3n) is 3.77. The van der Waals surface area contributed by atoms with Crippen molar-refractivity contribution in [2.24, 2.45) is 0 Å². The minimum Gasteiger partial charge on any atom is -0.454 e. The van der Waals surface area contributed by atoms with Crippen LogP contribution in [0.15, 0.2) is 35.7 Å². The zero-order valence-electron chi connectivity index (χ0n) is 13.1. The summed E-state index contributed by atoms with van der Waals surface area (Å²) < 4.78 is 15.8. The molecule has 2 aromatic rings. The molecule has 1 atom stereocenters. The van der Waals surface area contributed by atoms with Crippen LogP contribution in [0.4, 0.5) is 20.3 Å². The second kappa shape index (κ2) is 6.52. The number of ether oxygens (including phenoxy) is 3. The molecule has 0 bridgehead atoms. The average Bonchev–Trinajstić information content (AvgIpc) is 3.33. The predicted molar refractivity (Wildman–Crippen MR) is 91.5 cm³/mol. The Morgan fingerprint density at radius 1 is 1.28 bits per heavy atom. The number of nitrogens with one attached hydrogen (secondary N) is 2. The van der Waals surface area contributed by atoms with Crippen molar-refractivity contribution in [3.8, 4) is 11.5 Å². The van der Waals surface area contributed by atoms with Crippen molar-refractivity contribution in [2.45, 2.75) is 6.10 Å². The molecule has 4 rings (SSSR count). The van der Waals surface area contributed by atoms with Crippen molar-refractivity contribution < 1.29 is 23.8 Å². The molecular weight excluding hydrogens is 346 g/mol. The number of urea groups is 1. The van der Waals surface area contributed by atoms with Gasteiger partial charge in [-0.15, -0.1) is 11.3 Å². The molecule has 2 aliphatic rings. The first-order chi connectivity index (χ1) is 12.2. The SMILES string of the molecule is O=C(NCC1CN(c2cccs2)C(=O)O1)Nc1ccc2c(c1)OCO2. The summed E-state index contributed by atoms with van der Waals surface area (Å²) in [6.45, 7) is 0.812. The van der Waals surface area contributed by atoms with E-state index in [4.69, 9.17) is 14.2 Å². The number of fused-ring (bicyclic) bond motifs is 1. The monoisotopic (exact) mass is 361 g/mol. The third-order valence-corrected chi connectivity index (χ3v) is 4.66. The predicted octanol–water partition coefficient (Wildman–Crippen LogP) is 2.62. The van der Waals surface area contributed by atoms with E-state index >= 15 is 0 Å². The first-order valence-corrected chi connectivity index (χ1v) is 8.53. The maximum absolute atomic E-state index is 12.0. The van der Waals surface area contributed by atoms with E-state index in [0.717, 1.165) is 5.00 Å². The van der Waals surface area contributed by atoms with Gasteiger partial charge >= 0.3 is 12.1 Å². The Morgan fingerprint density at radius 3 is 3.00 bits per heavy atom. The highest BCUT2D eigenvalue weighted by Crippen LogP contribution is 2.34. The first kappa shape index (κ1) is 15.6. The van der Waals surface area contributed by atoms with Gasteiger partial charge in [0.2, 0.25) is 6.79 Å². The molecule has 130 valence electrons. The van der Waals surface area contributed by atoms with Gasteiger partial charge in [-0.3, -0.25) is 4.90 Å². The molecule has 1 fully saturated rings. The van der Waals surface area contributed by atoms with Gasteiger partial charge in [-0.05, 0) is 29.6 Å². The Morgan fingerprint density at radius 2 is 2.16 bits per heavy atom. The molecule has 3 amide bonds. The fourth-order valence-electron chi connectivity index (χ4n) is 2.59. The van der Waals surface area contributed by atoms with Gasteiger partial charge in [0.1, 0.15) is 11.1 Å². The molecule has 1 saturated heterocycles. The van der Waals surface area contributed by atoms with Gasteiger partial charge in [-0.2, -0.15) is 0 Å². The lowest BCUT2D eigenvalue weighted by atomic mass is 10.3. The number of anilines is 2. The van der Waals surface area contributed by atoms with Crippen LogP contribution in [0.5, 0.6) is 11.5 Å². The number of carbonyl (C=O) groups is 2. The Balaban J connectivity index is 1.28. The minimum atomic E-state index is -0.398. The van der Waals surface area contributed by atoms with Gasteiger partial charge in [0.25, 0.3) is 0 Å². The summed E-state index contributed by atoms with van der Waals surface area (Å²) in [5.74, 6) is 1.24. The fraction of sp³-hybridized carbons (Fsp3) is 0.250. The molecule has 0 spiro atoms. The molecule has 3 heterocycles. The summed E-state index contributed by atoms with van der Waals surface area (Å²) in [6.07, 6.45) is -0.789. The molecule has 1 aromatic carbocycles. The van der Waals surface area contributed by atoms with Crippen LogP contribution >= 0.6 is 11.3 Å². The highest BCUT2D eigenvalue weighted by Gasteiger charge is 2.33. The van der Waals surface area contributed by atoms with E-state index in [1.807, 2.05) is 17.5 Å². The van der Waals surface area contributed by atoms with Gasteiger partial charge in [0.05, 0.1) is 13.1 Å². The summed E-state index contributed by atoms with van der Waals surface area (Å²) in [5, 5.41) is 8.14. The molecule has 1 unspecified atom stereocenters. The molecule has 2 N–H and O–H groups in total. The van der Waals surface area contributed by atoms with Crippen LogP contribution in [0.25, 0.3) is 0 Å². The van der Waals surface area contributed by atoms with Crippen LogP contribution in [0.2, 0.25) is 0 Å². The summed E-state index contributed by atoms with van der Waals surface area (Å²) >= 11 is 1.47.